The average molecular weight is 422 g/mol. The predicted molar refractivity (Wildman–Crippen MR) is 108 cm³/mol. The molecule has 0 saturated carbocycles. The first-order valence-corrected chi connectivity index (χ1v) is 9.75. The molecule has 1 aliphatic heterocycles. The normalized spacial score (nSPS) is 16.5. The molecule has 1 atom stereocenters. The number of likely N-dealkylation sites (tertiary alicyclic amines) is 1. The van der Waals surface area contributed by atoms with Crippen LogP contribution in [-0.4, -0.2) is 41.9 Å². The molecule has 1 aromatic heterocycles. The van der Waals surface area contributed by atoms with Gasteiger partial charge in [-0.2, -0.15) is 0 Å². The zero-order chi connectivity index (χ0) is 20.1. The largest absolute Gasteiger partial charge is 0.481 e. The van der Waals surface area contributed by atoms with Gasteiger partial charge in [-0.1, -0.05) is 29.3 Å². The van der Waals surface area contributed by atoms with Gasteiger partial charge in [0.2, 0.25) is 11.8 Å². The summed E-state index contributed by atoms with van der Waals surface area (Å²) in [5.41, 5.74) is 1.27. The molecular weight excluding hydrogens is 401 g/mol. The third-order valence-corrected chi connectivity index (χ3v) is 5.48. The van der Waals surface area contributed by atoms with Crippen molar-refractivity contribution in [2.24, 2.45) is 5.92 Å². The molecule has 1 N–H and O–H groups in total. The summed E-state index contributed by atoms with van der Waals surface area (Å²) in [6.07, 6.45) is 3.14. The molecule has 1 saturated heterocycles. The molecule has 2 aromatic rings. The minimum absolute atomic E-state index is 0.0856. The highest BCUT2D eigenvalue weighted by molar-refractivity contribution is 6.42. The summed E-state index contributed by atoms with van der Waals surface area (Å²) < 4.78 is 5.20. The second-order valence-electron chi connectivity index (χ2n) is 6.61. The van der Waals surface area contributed by atoms with Crippen molar-refractivity contribution in [3.8, 4) is 5.88 Å². The van der Waals surface area contributed by atoms with Crippen molar-refractivity contribution in [1.82, 2.24) is 15.2 Å². The molecular formula is C20H21Cl2N3O3. The van der Waals surface area contributed by atoms with Gasteiger partial charge in [0.1, 0.15) is 0 Å². The van der Waals surface area contributed by atoms with Gasteiger partial charge in [-0.05, 0) is 37.1 Å². The molecule has 6 nitrogen and oxygen atoms in total. The molecule has 2 amide bonds. The summed E-state index contributed by atoms with van der Waals surface area (Å²) in [5.74, 6) is -0.00598. The minimum atomic E-state index is -0.261. The van der Waals surface area contributed by atoms with Crippen molar-refractivity contribution < 1.29 is 14.3 Å². The number of aromatic nitrogens is 1. The summed E-state index contributed by atoms with van der Waals surface area (Å²) in [7, 11) is 1.54. The Morgan fingerprint density at radius 3 is 2.86 bits per heavy atom. The van der Waals surface area contributed by atoms with E-state index < -0.39 is 0 Å². The highest BCUT2D eigenvalue weighted by atomic mass is 35.5. The second-order valence-corrected chi connectivity index (χ2v) is 7.42. The predicted octanol–water partition coefficient (Wildman–Crippen LogP) is 3.57. The third kappa shape index (κ3) is 4.75. The number of halogens is 2. The molecule has 0 bridgehead atoms. The Kier molecular flexibility index (Phi) is 6.75. The summed E-state index contributed by atoms with van der Waals surface area (Å²) >= 11 is 11.9. The lowest BCUT2D eigenvalue weighted by atomic mass is 9.96. The summed E-state index contributed by atoms with van der Waals surface area (Å²) in [4.78, 5) is 31.2. The van der Waals surface area contributed by atoms with E-state index in [1.54, 1.807) is 42.5 Å². The van der Waals surface area contributed by atoms with Gasteiger partial charge in [0.05, 0.1) is 23.1 Å². The van der Waals surface area contributed by atoms with Crippen molar-refractivity contribution in [2.75, 3.05) is 20.2 Å². The van der Waals surface area contributed by atoms with E-state index in [1.165, 1.54) is 0 Å². The quantitative estimate of drug-likeness (QED) is 0.800. The van der Waals surface area contributed by atoms with E-state index in [2.05, 4.69) is 10.3 Å². The van der Waals surface area contributed by atoms with Crippen LogP contribution in [0.3, 0.4) is 0 Å². The number of pyridine rings is 1. The number of carbonyl (C=O) groups is 2. The van der Waals surface area contributed by atoms with Crippen LogP contribution in [0.4, 0.5) is 0 Å². The van der Waals surface area contributed by atoms with Crippen LogP contribution >= 0.6 is 23.2 Å². The van der Waals surface area contributed by atoms with Crippen LogP contribution in [-0.2, 0) is 11.3 Å². The van der Waals surface area contributed by atoms with E-state index in [4.69, 9.17) is 27.9 Å². The van der Waals surface area contributed by atoms with E-state index in [0.29, 0.717) is 41.1 Å². The number of nitrogens with one attached hydrogen (secondary N) is 1. The van der Waals surface area contributed by atoms with Crippen LogP contribution in [0, 0.1) is 5.92 Å². The molecule has 28 heavy (non-hydrogen) atoms. The molecule has 3 rings (SSSR count). The van der Waals surface area contributed by atoms with Gasteiger partial charge >= 0.3 is 0 Å². The van der Waals surface area contributed by atoms with Crippen molar-refractivity contribution in [2.45, 2.75) is 19.4 Å². The first-order valence-electron chi connectivity index (χ1n) is 8.99. The van der Waals surface area contributed by atoms with Crippen LogP contribution in [0.15, 0.2) is 36.5 Å². The van der Waals surface area contributed by atoms with Gasteiger partial charge in [-0.3, -0.25) is 9.59 Å². The fraction of sp³-hybridized carbons (Fsp3) is 0.350. The molecule has 0 aliphatic carbocycles. The minimum Gasteiger partial charge on any atom is -0.481 e. The van der Waals surface area contributed by atoms with E-state index in [-0.39, 0.29) is 17.7 Å². The van der Waals surface area contributed by atoms with Gasteiger partial charge in [0.15, 0.2) is 0 Å². The Morgan fingerprint density at radius 1 is 1.29 bits per heavy atom. The van der Waals surface area contributed by atoms with Gasteiger partial charge < -0.3 is 15.0 Å². The number of methoxy groups -OCH3 is 1. The number of amides is 2. The molecule has 8 heteroatoms. The molecule has 1 aromatic carbocycles. The van der Waals surface area contributed by atoms with Crippen LogP contribution in [0.25, 0.3) is 0 Å². The number of ether oxygens (including phenoxy) is 1. The van der Waals surface area contributed by atoms with E-state index in [9.17, 15) is 9.59 Å². The Morgan fingerprint density at radius 2 is 2.11 bits per heavy atom. The maximum absolute atomic E-state index is 12.8. The fourth-order valence-electron chi connectivity index (χ4n) is 3.26. The first-order chi connectivity index (χ1) is 13.5. The topological polar surface area (TPSA) is 71.5 Å². The van der Waals surface area contributed by atoms with Crippen molar-refractivity contribution >= 4 is 35.0 Å². The van der Waals surface area contributed by atoms with Gasteiger partial charge in [-0.15, -0.1) is 0 Å². The maximum Gasteiger partial charge on any atom is 0.253 e. The molecule has 2 heterocycles. The monoisotopic (exact) mass is 421 g/mol. The third-order valence-electron chi connectivity index (χ3n) is 4.74. The SMILES string of the molecule is COc1ncccc1CNC(=O)[C@@H]1CCCN(C(=O)c2ccc(Cl)c(Cl)c2)C1. The molecule has 1 fully saturated rings. The highest BCUT2D eigenvalue weighted by Crippen LogP contribution is 2.25. The molecule has 0 unspecified atom stereocenters. The smallest absolute Gasteiger partial charge is 0.253 e. The highest BCUT2D eigenvalue weighted by Gasteiger charge is 2.29. The van der Waals surface area contributed by atoms with E-state index in [1.807, 2.05) is 6.07 Å². The van der Waals surface area contributed by atoms with Gasteiger partial charge in [0.25, 0.3) is 5.91 Å². The first kappa shape index (κ1) is 20.4. The lowest BCUT2D eigenvalue weighted by Gasteiger charge is -2.32. The van der Waals surface area contributed by atoms with Crippen LogP contribution in [0.5, 0.6) is 5.88 Å². The van der Waals surface area contributed by atoms with Crippen molar-refractivity contribution in [1.29, 1.82) is 0 Å². The van der Waals surface area contributed by atoms with Crippen molar-refractivity contribution in [3.63, 3.8) is 0 Å². The Hall–Kier alpha value is -2.31. The lowest BCUT2D eigenvalue weighted by Crippen LogP contribution is -2.45. The zero-order valence-electron chi connectivity index (χ0n) is 15.5. The van der Waals surface area contributed by atoms with Crippen LogP contribution in [0.1, 0.15) is 28.8 Å². The Labute approximate surface area is 173 Å². The standard InChI is InChI=1S/C20H21Cl2N3O3/c1-28-19-14(4-2-8-23-19)11-24-18(26)15-5-3-9-25(12-15)20(27)13-6-7-16(21)17(22)10-13/h2,4,6-8,10,15H,3,5,9,11-12H2,1H3,(H,24,26)/t15-/m1/s1. The molecule has 1 aliphatic rings. The Balaban J connectivity index is 1.61. The lowest BCUT2D eigenvalue weighted by molar-refractivity contribution is -0.126. The number of piperidine rings is 1. The molecule has 0 radical (unpaired) electrons. The number of benzene rings is 1. The number of carbonyl (C=O) groups excluding carboxylic acids is 2. The summed E-state index contributed by atoms with van der Waals surface area (Å²) in [6.45, 7) is 1.31. The van der Waals surface area contributed by atoms with Crippen LogP contribution < -0.4 is 10.1 Å². The van der Waals surface area contributed by atoms with E-state index >= 15 is 0 Å². The molecule has 0 spiro atoms. The Bertz CT molecular complexity index is 876. The van der Waals surface area contributed by atoms with Gasteiger partial charge in [-0.25, -0.2) is 4.98 Å². The van der Waals surface area contributed by atoms with Crippen LogP contribution in [0.2, 0.25) is 10.0 Å². The second kappa shape index (κ2) is 9.26. The zero-order valence-corrected chi connectivity index (χ0v) is 17.0. The fourth-order valence-corrected chi connectivity index (χ4v) is 3.55. The summed E-state index contributed by atoms with van der Waals surface area (Å²) in [6, 6.07) is 8.46. The molecule has 148 valence electrons. The summed E-state index contributed by atoms with van der Waals surface area (Å²) in [5, 5.41) is 3.66. The number of nitrogens with zero attached hydrogens (tertiary/aromatic N) is 2. The number of rotatable bonds is 5. The van der Waals surface area contributed by atoms with Gasteiger partial charge in [0, 0.05) is 37.0 Å². The van der Waals surface area contributed by atoms with E-state index in [0.717, 1.165) is 18.4 Å². The average Bonchev–Trinajstić information content (AvgIpc) is 2.73. The van der Waals surface area contributed by atoms with Crippen molar-refractivity contribution in [3.05, 3.63) is 57.7 Å². The number of hydrogen-bond donors (Lipinski definition) is 1. The number of hydrogen-bond acceptors (Lipinski definition) is 4. The maximum atomic E-state index is 12.8.